The van der Waals surface area contributed by atoms with Gasteiger partial charge >= 0.3 is 0 Å². The number of thiazole rings is 1. The van der Waals surface area contributed by atoms with Crippen molar-refractivity contribution in [2.24, 2.45) is 5.92 Å². The first-order chi connectivity index (χ1) is 19.0. The molecule has 3 aromatic rings. The van der Waals surface area contributed by atoms with Crippen molar-refractivity contribution in [1.82, 2.24) is 14.9 Å². The second-order valence-electron chi connectivity index (χ2n) is 10.6. The van der Waals surface area contributed by atoms with Gasteiger partial charge in [-0.3, -0.25) is 9.59 Å². The maximum absolute atomic E-state index is 13.0. The minimum atomic E-state index is -3.53. The average Bonchev–Trinajstić information content (AvgIpc) is 3.29. The van der Waals surface area contributed by atoms with E-state index >= 15 is 0 Å². The van der Waals surface area contributed by atoms with Crippen LogP contribution < -0.4 is 10.2 Å². The molecule has 12 heteroatoms. The number of sulfone groups is 1. The van der Waals surface area contributed by atoms with E-state index in [4.69, 9.17) is 16.6 Å². The Kier molecular flexibility index (Phi) is 8.55. The number of amides is 1. The van der Waals surface area contributed by atoms with Crippen molar-refractivity contribution in [2.75, 3.05) is 43.2 Å². The standard InChI is InChI=1S/C28H32ClN5O4S2/c1-33-9-8-23-25(17-33)39-26(31-23)14-21(35)12-18-6-10-34(11-7-18)27-24(15-22(16-30-27)40(2,37)38)32-28(36)19-4-3-5-20(29)13-19/h3-5,13,15-16,18H,6-12,14,17H2,1-2H3,(H,32,36). The molecule has 0 atom stereocenters. The summed E-state index contributed by atoms with van der Waals surface area (Å²) in [4.78, 5) is 40.6. The van der Waals surface area contributed by atoms with Gasteiger partial charge in [0, 0.05) is 66.9 Å². The first-order valence-corrected chi connectivity index (χ1v) is 16.3. The Morgan fingerprint density at radius 3 is 2.67 bits per heavy atom. The van der Waals surface area contributed by atoms with Crippen LogP contribution in [0, 0.1) is 5.92 Å². The molecule has 1 amide bonds. The molecule has 1 fully saturated rings. The van der Waals surface area contributed by atoms with Crippen LogP contribution in [-0.2, 0) is 34.0 Å². The molecule has 2 aliphatic heterocycles. The number of Topliss-reactive ketones (excluding diaryl/α,β-unsaturated/α-hetero) is 1. The van der Waals surface area contributed by atoms with Crippen LogP contribution >= 0.6 is 22.9 Å². The number of hydrogen-bond donors (Lipinski definition) is 1. The number of carbonyl (C=O) groups is 2. The normalized spacial score (nSPS) is 16.5. The van der Waals surface area contributed by atoms with Crippen LogP contribution in [-0.4, -0.2) is 67.9 Å². The topological polar surface area (TPSA) is 113 Å². The Hall–Kier alpha value is -2.86. The van der Waals surface area contributed by atoms with Crippen LogP contribution in [0.1, 0.15) is 45.2 Å². The summed E-state index contributed by atoms with van der Waals surface area (Å²) >= 11 is 7.71. The summed E-state index contributed by atoms with van der Waals surface area (Å²) < 4.78 is 24.4. The SMILES string of the molecule is CN1CCc2nc(CC(=O)CC3CCN(c4ncc(S(C)(=O)=O)cc4NC(=O)c4cccc(Cl)c4)CC3)sc2C1. The maximum atomic E-state index is 13.0. The van der Waals surface area contributed by atoms with E-state index in [1.54, 1.807) is 35.6 Å². The number of rotatable bonds is 8. The molecule has 1 saturated heterocycles. The maximum Gasteiger partial charge on any atom is 0.255 e. The van der Waals surface area contributed by atoms with E-state index in [1.807, 2.05) is 4.90 Å². The number of halogens is 1. The van der Waals surface area contributed by atoms with Crippen molar-refractivity contribution in [2.45, 2.75) is 43.5 Å². The molecular formula is C28H32ClN5O4S2. The minimum Gasteiger partial charge on any atom is -0.355 e. The molecule has 2 aromatic heterocycles. The number of ketones is 1. The Labute approximate surface area is 243 Å². The number of fused-ring (bicyclic) bond motifs is 1. The van der Waals surface area contributed by atoms with Gasteiger partial charge in [-0.2, -0.15) is 0 Å². The molecule has 2 aliphatic rings. The van der Waals surface area contributed by atoms with Crippen molar-refractivity contribution in [3.63, 3.8) is 0 Å². The molecule has 40 heavy (non-hydrogen) atoms. The summed E-state index contributed by atoms with van der Waals surface area (Å²) in [6, 6.07) is 7.98. The fraction of sp³-hybridized carbons (Fsp3) is 0.429. The van der Waals surface area contributed by atoms with Crippen LogP contribution in [0.25, 0.3) is 0 Å². The van der Waals surface area contributed by atoms with Gasteiger partial charge in [-0.1, -0.05) is 17.7 Å². The number of likely N-dealkylation sites (N-methyl/N-ethyl adjacent to an activating group) is 1. The fourth-order valence-corrected chi connectivity index (χ4v) is 7.16. The zero-order valence-corrected chi connectivity index (χ0v) is 24.9. The second kappa shape index (κ2) is 11.9. The molecule has 1 aromatic carbocycles. The lowest BCUT2D eigenvalue weighted by atomic mass is 9.91. The summed E-state index contributed by atoms with van der Waals surface area (Å²) in [6.45, 7) is 3.18. The second-order valence-corrected chi connectivity index (χ2v) is 14.2. The van der Waals surface area contributed by atoms with Crippen molar-refractivity contribution in [1.29, 1.82) is 0 Å². The molecule has 9 nitrogen and oxygen atoms in total. The molecule has 0 saturated carbocycles. The monoisotopic (exact) mass is 601 g/mol. The third kappa shape index (κ3) is 6.88. The van der Waals surface area contributed by atoms with Gasteiger partial charge in [-0.15, -0.1) is 11.3 Å². The van der Waals surface area contributed by atoms with Gasteiger partial charge < -0.3 is 15.1 Å². The third-order valence-electron chi connectivity index (χ3n) is 7.35. The molecule has 1 N–H and O–H groups in total. The highest BCUT2D eigenvalue weighted by atomic mass is 35.5. The Morgan fingerprint density at radius 2 is 1.95 bits per heavy atom. The van der Waals surface area contributed by atoms with Crippen LogP contribution in [0.5, 0.6) is 0 Å². The molecular weight excluding hydrogens is 570 g/mol. The largest absolute Gasteiger partial charge is 0.355 e. The van der Waals surface area contributed by atoms with Crippen molar-refractivity contribution >= 4 is 56.0 Å². The molecule has 0 radical (unpaired) electrons. The number of aromatic nitrogens is 2. The quantitative estimate of drug-likeness (QED) is 0.408. The number of benzene rings is 1. The first kappa shape index (κ1) is 28.7. The lowest BCUT2D eigenvalue weighted by Gasteiger charge is -2.33. The predicted molar refractivity (Wildman–Crippen MR) is 157 cm³/mol. The van der Waals surface area contributed by atoms with E-state index in [9.17, 15) is 18.0 Å². The molecule has 4 heterocycles. The molecule has 5 rings (SSSR count). The smallest absolute Gasteiger partial charge is 0.255 e. The van der Waals surface area contributed by atoms with Gasteiger partial charge in [-0.25, -0.2) is 18.4 Å². The number of carbonyl (C=O) groups excluding carboxylic acids is 2. The summed E-state index contributed by atoms with van der Waals surface area (Å²) in [5.41, 5.74) is 1.82. The van der Waals surface area contributed by atoms with Crippen LogP contribution in [0.4, 0.5) is 11.5 Å². The van der Waals surface area contributed by atoms with Crippen molar-refractivity contribution in [3.05, 3.63) is 62.7 Å². The van der Waals surface area contributed by atoms with E-state index in [0.29, 0.717) is 48.0 Å². The van der Waals surface area contributed by atoms with Gasteiger partial charge in [0.15, 0.2) is 15.7 Å². The van der Waals surface area contributed by atoms with Gasteiger partial charge in [0.1, 0.15) is 10.8 Å². The molecule has 0 spiro atoms. The minimum absolute atomic E-state index is 0.0219. The van der Waals surface area contributed by atoms with Crippen LogP contribution in [0.3, 0.4) is 0 Å². The van der Waals surface area contributed by atoms with E-state index in [2.05, 4.69) is 22.2 Å². The predicted octanol–water partition coefficient (Wildman–Crippen LogP) is 4.25. The summed E-state index contributed by atoms with van der Waals surface area (Å²) in [5.74, 6) is 0.561. The van der Waals surface area contributed by atoms with Gasteiger partial charge in [-0.05, 0) is 50.1 Å². The van der Waals surface area contributed by atoms with Crippen LogP contribution in [0.2, 0.25) is 5.02 Å². The number of hydrogen-bond acceptors (Lipinski definition) is 9. The fourth-order valence-electron chi connectivity index (χ4n) is 5.17. The summed E-state index contributed by atoms with van der Waals surface area (Å²) in [6.07, 6.45) is 5.85. The van der Waals surface area contributed by atoms with Gasteiger partial charge in [0.05, 0.1) is 22.7 Å². The highest BCUT2D eigenvalue weighted by molar-refractivity contribution is 7.90. The molecule has 212 valence electrons. The summed E-state index contributed by atoms with van der Waals surface area (Å²) in [5, 5.41) is 4.17. The molecule has 0 unspecified atom stereocenters. The highest BCUT2D eigenvalue weighted by Gasteiger charge is 2.26. The van der Waals surface area contributed by atoms with Gasteiger partial charge in [0.25, 0.3) is 5.91 Å². The van der Waals surface area contributed by atoms with E-state index in [1.165, 1.54) is 17.1 Å². The number of anilines is 2. The Balaban J connectivity index is 1.23. The van der Waals surface area contributed by atoms with Crippen LogP contribution in [0.15, 0.2) is 41.4 Å². The van der Waals surface area contributed by atoms with Gasteiger partial charge in [0.2, 0.25) is 0 Å². The number of piperidine rings is 1. The zero-order chi connectivity index (χ0) is 28.4. The number of pyridine rings is 1. The third-order valence-corrected chi connectivity index (χ3v) is 9.75. The Bertz CT molecular complexity index is 1530. The lowest BCUT2D eigenvalue weighted by Crippen LogP contribution is -2.35. The average molecular weight is 602 g/mol. The number of nitrogens with zero attached hydrogens (tertiary/aromatic N) is 4. The highest BCUT2D eigenvalue weighted by Crippen LogP contribution is 2.32. The van der Waals surface area contributed by atoms with Crippen molar-refractivity contribution in [3.8, 4) is 0 Å². The molecule has 0 bridgehead atoms. The van der Waals surface area contributed by atoms with E-state index in [0.717, 1.165) is 49.3 Å². The lowest BCUT2D eigenvalue weighted by molar-refractivity contribution is -0.119. The van der Waals surface area contributed by atoms with E-state index in [-0.39, 0.29) is 16.6 Å². The first-order valence-electron chi connectivity index (χ1n) is 13.2. The Morgan fingerprint density at radius 1 is 1.18 bits per heavy atom. The van der Waals surface area contributed by atoms with Crippen molar-refractivity contribution < 1.29 is 18.0 Å². The van der Waals surface area contributed by atoms with E-state index < -0.39 is 15.7 Å². The number of nitrogens with one attached hydrogen (secondary N) is 1. The zero-order valence-electron chi connectivity index (χ0n) is 22.5. The molecule has 0 aliphatic carbocycles. The summed E-state index contributed by atoms with van der Waals surface area (Å²) in [7, 11) is -1.43.